The lowest BCUT2D eigenvalue weighted by Crippen LogP contribution is -2.45. The number of hydrogen-bond donors (Lipinski definition) is 3. The topological polar surface area (TPSA) is 119 Å². The number of nitrogens with zero attached hydrogens (tertiary/aromatic N) is 1. The zero-order valence-electron chi connectivity index (χ0n) is 10.7. The van der Waals surface area contributed by atoms with Crippen molar-refractivity contribution in [3.63, 3.8) is 0 Å². The second kappa shape index (κ2) is 9.55. The molecule has 0 aliphatic carbocycles. The van der Waals surface area contributed by atoms with E-state index in [0.29, 0.717) is 19.3 Å². The number of unbranched alkanes of at least 4 members (excludes halogenated alkanes) is 1. The lowest BCUT2D eigenvalue weighted by molar-refractivity contribution is -0.133. The number of nitrogens with two attached hydrogens (primary N) is 2. The van der Waals surface area contributed by atoms with Gasteiger partial charge in [-0.2, -0.15) is 0 Å². The molecule has 2 amide bonds. The molecule has 0 spiro atoms. The van der Waals surface area contributed by atoms with E-state index in [-0.39, 0.29) is 24.9 Å². The third-order valence-corrected chi connectivity index (χ3v) is 2.49. The van der Waals surface area contributed by atoms with Crippen LogP contribution in [0.15, 0.2) is 0 Å². The Hall–Kier alpha value is -1.47. The molecule has 0 aromatic heterocycles. The van der Waals surface area contributed by atoms with Gasteiger partial charge >= 0.3 is 0 Å². The standard InChI is InChI=1S/C11H22N4O3/c1-15(6-7-16)10(17)8-14-11(18)9(13)4-2-3-5-12/h7,9H,2-6,8,12-13H2,1H3,(H,14,18)/t9-/m0/s1. The number of likely N-dealkylation sites (N-methyl/N-ethyl adjacent to an activating group) is 1. The van der Waals surface area contributed by atoms with Gasteiger partial charge in [0.15, 0.2) is 0 Å². The SMILES string of the molecule is CN(CC=O)C(=O)CNC(=O)[C@@H](N)CCCCN. The largest absolute Gasteiger partial charge is 0.346 e. The van der Waals surface area contributed by atoms with Crippen LogP contribution in [0, 0.1) is 0 Å². The predicted octanol–water partition coefficient (Wildman–Crippen LogP) is -1.78. The summed E-state index contributed by atoms with van der Waals surface area (Å²) in [6.45, 7) is 0.439. The van der Waals surface area contributed by atoms with Gasteiger partial charge in [0.2, 0.25) is 11.8 Å². The molecule has 104 valence electrons. The second-order valence-corrected chi connectivity index (χ2v) is 4.05. The van der Waals surface area contributed by atoms with Crippen LogP contribution in [-0.4, -0.2) is 55.7 Å². The Morgan fingerprint density at radius 2 is 2.06 bits per heavy atom. The minimum atomic E-state index is -0.624. The Bertz CT molecular complexity index is 283. The number of aldehydes is 1. The first kappa shape index (κ1) is 16.5. The number of hydrogen-bond acceptors (Lipinski definition) is 5. The van der Waals surface area contributed by atoms with Gasteiger partial charge in [-0.1, -0.05) is 6.42 Å². The molecule has 0 aliphatic heterocycles. The summed E-state index contributed by atoms with van der Waals surface area (Å²) >= 11 is 0. The number of nitrogens with one attached hydrogen (secondary N) is 1. The highest BCUT2D eigenvalue weighted by atomic mass is 16.2. The molecule has 5 N–H and O–H groups in total. The van der Waals surface area contributed by atoms with Gasteiger partial charge in [0, 0.05) is 7.05 Å². The third kappa shape index (κ3) is 6.97. The van der Waals surface area contributed by atoms with Crippen molar-refractivity contribution >= 4 is 18.1 Å². The number of amides is 2. The van der Waals surface area contributed by atoms with Gasteiger partial charge < -0.3 is 26.5 Å². The fourth-order valence-corrected chi connectivity index (χ4v) is 1.28. The molecule has 0 saturated heterocycles. The molecule has 0 heterocycles. The van der Waals surface area contributed by atoms with Crippen LogP contribution in [0.1, 0.15) is 19.3 Å². The summed E-state index contributed by atoms with van der Waals surface area (Å²) < 4.78 is 0. The van der Waals surface area contributed by atoms with Crippen LogP contribution in [0.25, 0.3) is 0 Å². The Kier molecular flexibility index (Phi) is 8.77. The van der Waals surface area contributed by atoms with E-state index >= 15 is 0 Å². The van der Waals surface area contributed by atoms with Gasteiger partial charge in [-0.3, -0.25) is 9.59 Å². The summed E-state index contributed by atoms with van der Waals surface area (Å²) in [6, 6.07) is -0.624. The van der Waals surface area contributed by atoms with Crippen LogP contribution in [0.3, 0.4) is 0 Å². The van der Waals surface area contributed by atoms with Crippen LogP contribution in [0.4, 0.5) is 0 Å². The third-order valence-electron chi connectivity index (χ3n) is 2.49. The summed E-state index contributed by atoms with van der Waals surface area (Å²) in [7, 11) is 1.49. The van der Waals surface area contributed by atoms with E-state index in [1.165, 1.54) is 11.9 Å². The minimum absolute atomic E-state index is 0.0112. The van der Waals surface area contributed by atoms with Gasteiger partial charge in [0.1, 0.15) is 6.29 Å². The van der Waals surface area contributed by atoms with Gasteiger partial charge in [-0.15, -0.1) is 0 Å². The summed E-state index contributed by atoms with van der Waals surface area (Å²) in [4.78, 5) is 34.4. The van der Waals surface area contributed by atoms with Crippen molar-refractivity contribution in [1.82, 2.24) is 10.2 Å². The van der Waals surface area contributed by atoms with E-state index in [1.54, 1.807) is 0 Å². The molecule has 7 heteroatoms. The van der Waals surface area contributed by atoms with Crippen molar-refractivity contribution in [3.05, 3.63) is 0 Å². The number of rotatable bonds is 9. The van der Waals surface area contributed by atoms with E-state index in [4.69, 9.17) is 11.5 Å². The predicted molar refractivity (Wildman–Crippen MR) is 67.6 cm³/mol. The first-order valence-electron chi connectivity index (χ1n) is 5.93. The monoisotopic (exact) mass is 258 g/mol. The van der Waals surface area contributed by atoms with Gasteiger partial charge in [-0.05, 0) is 19.4 Å². The average Bonchev–Trinajstić information content (AvgIpc) is 2.35. The maximum Gasteiger partial charge on any atom is 0.242 e. The number of carbonyl (C=O) groups excluding carboxylic acids is 3. The Morgan fingerprint density at radius 3 is 2.61 bits per heavy atom. The van der Waals surface area contributed by atoms with Crippen molar-refractivity contribution in [2.75, 3.05) is 26.7 Å². The lowest BCUT2D eigenvalue weighted by Gasteiger charge is -2.16. The molecule has 0 aromatic carbocycles. The zero-order chi connectivity index (χ0) is 14.0. The van der Waals surface area contributed by atoms with Crippen molar-refractivity contribution < 1.29 is 14.4 Å². The second-order valence-electron chi connectivity index (χ2n) is 4.05. The highest BCUT2D eigenvalue weighted by molar-refractivity contribution is 5.87. The summed E-state index contributed by atoms with van der Waals surface area (Å²) in [5.41, 5.74) is 11.0. The molecule has 18 heavy (non-hydrogen) atoms. The molecule has 0 unspecified atom stereocenters. The Balaban J connectivity index is 3.87. The zero-order valence-corrected chi connectivity index (χ0v) is 10.7. The van der Waals surface area contributed by atoms with E-state index in [0.717, 1.165) is 12.8 Å². The molecule has 1 atom stereocenters. The van der Waals surface area contributed by atoms with E-state index in [2.05, 4.69) is 5.32 Å². The molecule has 0 rings (SSSR count). The van der Waals surface area contributed by atoms with Crippen LogP contribution in [0.5, 0.6) is 0 Å². The van der Waals surface area contributed by atoms with E-state index in [9.17, 15) is 14.4 Å². The molecule has 0 bridgehead atoms. The van der Waals surface area contributed by atoms with Crippen molar-refractivity contribution in [2.24, 2.45) is 11.5 Å². The minimum Gasteiger partial charge on any atom is -0.346 e. The van der Waals surface area contributed by atoms with Crippen LogP contribution in [0.2, 0.25) is 0 Å². The smallest absolute Gasteiger partial charge is 0.242 e. The first-order valence-corrected chi connectivity index (χ1v) is 5.93. The maximum absolute atomic E-state index is 11.5. The maximum atomic E-state index is 11.5. The Labute approximate surface area is 107 Å². The van der Waals surface area contributed by atoms with Crippen molar-refractivity contribution in [3.8, 4) is 0 Å². The van der Waals surface area contributed by atoms with Gasteiger partial charge in [0.05, 0.1) is 19.1 Å². The first-order chi connectivity index (χ1) is 8.52. The fourth-order valence-electron chi connectivity index (χ4n) is 1.28. The average molecular weight is 258 g/mol. The van der Waals surface area contributed by atoms with Crippen LogP contribution in [-0.2, 0) is 14.4 Å². The number of carbonyl (C=O) groups is 3. The van der Waals surface area contributed by atoms with Crippen LogP contribution >= 0.6 is 0 Å². The summed E-state index contributed by atoms with van der Waals surface area (Å²) in [5.74, 6) is -0.690. The van der Waals surface area contributed by atoms with E-state index < -0.39 is 6.04 Å². The quantitative estimate of drug-likeness (QED) is 0.333. The van der Waals surface area contributed by atoms with Crippen molar-refractivity contribution in [2.45, 2.75) is 25.3 Å². The molecule has 0 aromatic rings. The Morgan fingerprint density at radius 1 is 1.39 bits per heavy atom. The molecule has 7 nitrogen and oxygen atoms in total. The van der Waals surface area contributed by atoms with Gasteiger partial charge in [-0.25, -0.2) is 0 Å². The normalized spacial score (nSPS) is 11.7. The molecule has 0 saturated carbocycles. The molecule has 0 aliphatic rings. The summed E-state index contributed by atoms with van der Waals surface area (Å²) in [6.07, 6.45) is 2.77. The highest BCUT2D eigenvalue weighted by Crippen LogP contribution is 1.97. The molecular formula is C11H22N4O3. The van der Waals surface area contributed by atoms with E-state index in [1.807, 2.05) is 0 Å². The van der Waals surface area contributed by atoms with Crippen LogP contribution < -0.4 is 16.8 Å². The lowest BCUT2D eigenvalue weighted by atomic mass is 10.1. The van der Waals surface area contributed by atoms with Gasteiger partial charge in [0.25, 0.3) is 0 Å². The molecule has 0 fully saturated rings. The fraction of sp³-hybridized carbons (Fsp3) is 0.727. The highest BCUT2D eigenvalue weighted by Gasteiger charge is 2.15. The molecule has 0 radical (unpaired) electrons. The summed E-state index contributed by atoms with van der Waals surface area (Å²) in [5, 5.41) is 2.45. The molecular weight excluding hydrogens is 236 g/mol. The van der Waals surface area contributed by atoms with Crippen molar-refractivity contribution in [1.29, 1.82) is 0 Å².